The number of fused-ring (bicyclic) bond motifs is 1. The lowest BCUT2D eigenvalue weighted by atomic mass is 9.97. The summed E-state index contributed by atoms with van der Waals surface area (Å²) in [7, 11) is -2.18. The molecule has 0 spiro atoms. The van der Waals surface area contributed by atoms with E-state index in [9.17, 15) is 9.59 Å². The van der Waals surface area contributed by atoms with E-state index in [1.165, 1.54) is 0 Å². The predicted octanol–water partition coefficient (Wildman–Crippen LogP) is 2.76. The van der Waals surface area contributed by atoms with E-state index < -0.39 is 66.9 Å². The maximum Gasteiger partial charge on any atom is 0.340 e. The minimum absolute atomic E-state index is 0.158. The van der Waals surface area contributed by atoms with Crippen LogP contribution in [0.2, 0.25) is 19.6 Å². The summed E-state index contributed by atoms with van der Waals surface area (Å²) in [6, 6.07) is 0. The van der Waals surface area contributed by atoms with Gasteiger partial charge >= 0.3 is 11.9 Å². The van der Waals surface area contributed by atoms with Crippen molar-refractivity contribution in [3.8, 4) is 0 Å². The molecular weight excluding hydrogens is 478 g/mol. The van der Waals surface area contributed by atoms with Crippen LogP contribution in [0.25, 0.3) is 0 Å². The van der Waals surface area contributed by atoms with Gasteiger partial charge in [-0.25, -0.2) is 9.59 Å². The van der Waals surface area contributed by atoms with Crippen LogP contribution in [0.3, 0.4) is 0 Å². The van der Waals surface area contributed by atoms with Gasteiger partial charge in [0.05, 0.1) is 6.61 Å². The summed E-state index contributed by atoms with van der Waals surface area (Å²) in [5, 5.41) is 0. The van der Waals surface area contributed by atoms with Gasteiger partial charge in [-0.1, -0.05) is 46.4 Å². The van der Waals surface area contributed by atoms with Gasteiger partial charge in [0.1, 0.15) is 12.2 Å². The zero-order valence-corrected chi connectivity index (χ0v) is 19.6. The van der Waals surface area contributed by atoms with E-state index in [1.807, 2.05) is 19.6 Å². The predicted molar refractivity (Wildman–Crippen MR) is 104 cm³/mol. The second-order valence-corrected chi connectivity index (χ2v) is 13.8. The SMILES string of the molecule is CC1OC[C@H]2O[C@@H](O[Si](C)(C)C)[C@H](OC(=O)C(Cl)Cl)[C@@H](OC(=O)C(Cl)Cl)[C@@H]2O1. The van der Waals surface area contributed by atoms with Crippen molar-refractivity contribution in [1.82, 2.24) is 0 Å². The summed E-state index contributed by atoms with van der Waals surface area (Å²) in [6.07, 6.45) is -5.46. The first-order valence-electron chi connectivity index (χ1n) is 8.46. The Morgan fingerprint density at radius 2 is 1.50 bits per heavy atom. The number of hydrogen-bond donors (Lipinski definition) is 0. The molecule has 0 radical (unpaired) electrons. The Labute approximate surface area is 184 Å². The highest BCUT2D eigenvalue weighted by Gasteiger charge is 2.54. The lowest BCUT2D eigenvalue weighted by molar-refractivity contribution is -0.347. The Kier molecular flexibility index (Phi) is 8.70. The van der Waals surface area contributed by atoms with Gasteiger partial charge in [0.15, 0.2) is 33.1 Å². The van der Waals surface area contributed by atoms with Crippen molar-refractivity contribution in [1.29, 1.82) is 0 Å². The zero-order valence-electron chi connectivity index (χ0n) is 15.6. The van der Waals surface area contributed by atoms with Crippen LogP contribution in [-0.4, -0.2) is 73.5 Å². The number of rotatable bonds is 6. The molecule has 2 fully saturated rings. The molecule has 0 saturated carbocycles. The number of halogens is 4. The smallest absolute Gasteiger partial charge is 0.340 e. The van der Waals surface area contributed by atoms with Crippen LogP contribution < -0.4 is 0 Å². The average molecular weight is 500 g/mol. The molecule has 162 valence electrons. The Hall–Kier alpha value is 0.157. The van der Waals surface area contributed by atoms with E-state index >= 15 is 0 Å². The normalized spacial score (nSPS) is 33.5. The number of hydrogen-bond acceptors (Lipinski definition) is 8. The molecule has 0 aromatic heterocycles. The molecule has 2 saturated heterocycles. The van der Waals surface area contributed by atoms with Gasteiger partial charge in [-0.2, -0.15) is 0 Å². The summed E-state index contributed by atoms with van der Waals surface area (Å²) in [5.41, 5.74) is 0. The van der Waals surface area contributed by atoms with Crippen LogP contribution in [0.4, 0.5) is 0 Å². The van der Waals surface area contributed by atoms with Crippen molar-refractivity contribution in [2.75, 3.05) is 6.61 Å². The number of carbonyl (C=O) groups is 2. The van der Waals surface area contributed by atoms with Crippen molar-refractivity contribution in [2.24, 2.45) is 0 Å². The van der Waals surface area contributed by atoms with E-state index in [0.717, 1.165) is 0 Å². The number of ether oxygens (including phenoxy) is 5. The number of carbonyl (C=O) groups excluding carboxylic acids is 2. The first-order valence-corrected chi connectivity index (χ1v) is 13.6. The average Bonchev–Trinajstić information content (AvgIpc) is 2.56. The van der Waals surface area contributed by atoms with Gasteiger partial charge in [0.25, 0.3) is 0 Å². The van der Waals surface area contributed by atoms with Crippen molar-refractivity contribution in [3.63, 3.8) is 0 Å². The molecule has 2 rings (SSSR count). The van der Waals surface area contributed by atoms with Gasteiger partial charge in [-0.3, -0.25) is 0 Å². The van der Waals surface area contributed by atoms with E-state index in [2.05, 4.69) is 0 Å². The molecule has 6 atom stereocenters. The molecule has 28 heavy (non-hydrogen) atoms. The molecule has 2 aliphatic rings. The van der Waals surface area contributed by atoms with E-state index in [1.54, 1.807) is 6.92 Å². The monoisotopic (exact) mass is 498 g/mol. The lowest BCUT2D eigenvalue weighted by Crippen LogP contribution is -2.66. The van der Waals surface area contributed by atoms with Crippen molar-refractivity contribution in [2.45, 2.75) is 73.2 Å². The number of alkyl halides is 4. The first kappa shape index (κ1) is 24.4. The fourth-order valence-electron chi connectivity index (χ4n) is 2.74. The van der Waals surface area contributed by atoms with Crippen molar-refractivity contribution >= 4 is 66.7 Å². The molecule has 0 aromatic carbocycles. The van der Waals surface area contributed by atoms with Gasteiger partial charge < -0.3 is 28.1 Å². The standard InChI is InChI=1S/C15H22Cl4O8Si/c1-6-22-5-7-8(23-6)9(25-13(20)11(16)17)10(26-14(21)12(18)19)15(24-7)27-28(2,3)4/h6-12,15H,5H2,1-4H3/t6?,7-,8-,9+,10-,15+/m1/s1. The second-order valence-electron chi connectivity index (χ2n) is 7.18. The van der Waals surface area contributed by atoms with Crippen LogP contribution in [0.5, 0.6) is 0 Å². The second kappa shape index (κ2) is 9.98. The third-order valence-electron chi connectivity index (χ3n) is 3.77. The molecule has 1 unspecified atom stereocenters. The summed E-state index contributed by atoms with van der Waals surface area (Å²) >= 11 is 22.5. The quantitative estimate of drug-likeness (QED) is 0.313. The lowest BCUT2D eigenvalue weighted by Gasteiger charge is -2.48. The van der Waals surface area contributed by atoms with Crippen LogP contribution in [0, 0.1) is 0 Å². The summed E-state index contributed by atoms with van der Waals surface area (Å²) in [4.78, 5) is 21.3. The van der Waals surface area contributed by atoms with E-state index in [-0.39, 0.29) is 6.61 Å². The zero-order chi connectivity index (χ0) is 21.2. The highest BCUT2D eigenvalue weighted by molar-refractivity contribution is 6.69. The maximum atomic E-state index is 12.1. The van der Waals surface area contributed by atoms with Gasteiger partial charge in [0.2, 0.25) is 9.67 Å². The number of esters is 2. The Morgan fingerprint density at radius 3 is 2.00 bits per heavy atom. The topological polar surface area (TPSA) is 89.5 Å². The maximum absolute atomic E-state index is 12.1. The molecular formula is C15H22Cl4O8Si. The molecule has 0 amide bonds. The molecule has 0 bridgehead atoms. The fourth-order valence-corrected chi connectivity index (χ4v) is 3.83. The van der Waals surface area contributed by atoms with Crippen LogP contribution in [0.15, 0.2) is 0 Å². The highest BCUT2D eigenvalue weighted by atomic mass is 35.5. The minimum atomic E-state index is -2.18. The van der Waals surface area contributed by atoms with E-state index in [4.69, 9.17) is 74.5 Å². The van der Waals surface area contributed by atoms with Crippen molar-refractivity contribution < 1.29 is 37.7 Å². The molecule has 0 aromatic rings. The fraction of sp³-hybridized carbons (Fsp3) is 0.867. The largest absolute Gasteiger partial charge is 0.453 e. The summed E-state index contributed by atoms with van der Waals surface area (Å²) in [6.45, 7) is 7.57. The Bertz CT molecular complexity index is 573. The van der Waals surface area contributed by atoms with Gasteiger partial charge in [0, 0.05) is 0 Å². The summed E-state index contributed by atoms with van der Waals surface area (Å²) < 4.78 is 33.9. The Balaban J connectivity index is 2.37. The molecule has 0 aliphatic carbocycles. The van der Waals surface area contributed by atoms with Crippen LogP contribution in [-0.2, 0) is 37.7 Å². The molecule has 2 aliphatic heterocycles. The summed E-state index contributed by atoms with van der Waals surface area (Å²) in [5.74, 6) is -1.88. The molecule has 2 heterocycles. The molecule has 13 heteroatoms. The molecule has 0 N–H and O–H groups in total. The van der Waals surface area contributed by atoms with E-state index in [0.29, 0.717) is 0 Å². The highest BCUT2D eigenvalue weighted by Crippen LogP contribution is 2.34. The van der Waals surface area contributed by atoms with Crippen molar-refractivity contribution in [3.05, 3.63) is 0 Å². The molecule has 8 nitrogen and oxygen atoms in total. The minimum Gasteiger partial charge on any atom is -0.453 e. The first-order chi connectivity index (χ1) is 12.9. The van der Waals surface area contributed by atoms with Crippen LogP contribution in [0.1, 0.15) is 6.92 Å². The third-order valence-corrected chi connectivity index (χ3v) is 5.42. The van der Waals surface area contributed by atoms with Crippen LogP contribution >= 0.6 is 46.4 Å². The third kappa shape index (κ3) is 6.58. The van der Waals surface area contributed by atoms with Gasteiger partial charge in [-0.15, -0.1) is 0 Å². The Morgan fingerprint density at radius 1 is 0.964 bits per heavy atom. The van der Waals surface area contributed by atoms with Gasteiger partial charge in [-0.05, 0) is 26.6 Å².